The topological polar surface area (TPSA) is 52.4 Å². The predicted molar refractivity (Wildman–Crippen MR) is 74.1 cm³/mol. The molecule has 0 aliphatic rings. The molecule has 0 amide bonds. The van der Waals surface area contributed by atoms with Gasteiger partial charge in [-0.05, 0) is 12.1 Å². The first kappa shape index (κ1) is 14.6. The number of alkyl halides is 1. The van der Waals surface area contributed by atoms with Crippen molar-refractivity contribution in [2.75, 3.05) is 0 Å². The van der Waals surface area contributed by atoms with Gasteiger partial charge in [0.15, 0.2) is 5.75 Å². The average Bonchev–Trinajstić information content (AvgIpc) is 2.40. The molecule has 0 unspecified atom stereocenters. The van der Waals surface area contributed by atoms with E-state index in [1.165, 1.54) is 0 Å². The summed E-state index contributed by atoms with van der Waals surface area (Å²) in [6.07, 6.45) is 0. The van der Waals surface area contributed by atoms with Gasteiger partial charge >= 0.3 is 5.69 Å². The lowest BCUT2D eigenvalue weighted by Gasteiger charge is -2.11. The summed E-state index contributed by atoms with van der Waals surface area (Å²) in [5.41, 5.74) is 0.199. The Morgan fingerprint density at radius 3 is 2.70 bits per heavy atom. The number of benzene rings is 2. The zero-order valence-corrected chi connectivity index (χ0v) is 11.5. The van der Waals surface area contributed by atoms with Crippen molar-refractivity contribution in [1.29, 1.82) is 0 Å². The third-order valence-electron chi connectivity index (χ3n) is 2.52. The summed E-state index contributed by atoms with van der Waals surface area (Å²) in [6, 6.07) is 7.84. The molecule has 0 saturated heterocycles. The van der Waals surface area contributed by atoms with Crippen LogP contribution in [0.1, 0.15) is 5.56 Å². The Kier molecular flexibility index (Phi) is 4.42. The van der Waals surface area contributed by atoms with Crippen molar-refractivity contribution in [2.24, 2.45) is 0 Å². The Bertz CT molecular complexity index is 664. The fraction of sp³-hybridized carbons (Fsp3) is 0.0769. The Balaban J connectivity index is 2.50. The SMILES string of the molecule is O=[N+]([O-])c1ccc(F)cc1Oc1c(Cl)cccc1CCl. The Hall–Kier alpha value is -1.85. The highest BCUT2D eigenvalue weighted by Crippen LogP contribution is 2.37. The van der Waals surface area contributed by atoms with Crippen LogP contribution in [-0.2, 0) is 5.88 Å². The van der Waals surface area contributed by atoms with E-state index in [0.717, 1.165) is 18.2 Å². The first-order valence-electron chi connectivity index (χ1n) is 5.48. The zero-order valence-electron chi connectivity index (χ0n) is 9.98. The fourth-order valence-corrected chi connectivity index (χ4v) is 2.05. The summed E-state index contributed by atoms with van der Waals surface area (Å²) >= 11 is 11.7. The number of halogens is 3. The van der Waals surface area contributed by atoms with E-state index in [2.05, 4.69) is 0 Å². The lowest BCUT2D eigenvalue weighted by Crippen LogP contribution is -1.96. The molecule has 2 aromatic rings. The van der Waals surface area contributed by atoms with E-state index in [4.69, 9.17) is 27.9 Å². The van der Waals surface area contributed by atoms with Gasteiger partial charge in [0.05, 0.1) is 15.8 Å². The maximum absolute atomic E-state index is 13.2. The quantitative estimate of drug-likeness (QED) is 0.457. The molecule has 104 valence electrons. The normalized spacial score (nSPS) is 10.3. The van der Waals surface area contributed by atoms with Gasteiger partial charge in [0.2, 0.25) is 5.75 Å². The van der Waals surface area contributed by atoms with E-state index in [-0.39, 0.29) is 28.1 Å². The fourth-order valence-electron chi connectivity index (χ4n) is 1.60. The van der Waals surface area contributed by atoms with Crippen molar-refractivity contribution in [3.8, 4) is 11.5 Å². The molecule has 0 saturated carbocycles. The number of nitro groups is 1. The molecule has 7 heteroatoms. The molecule has 2 rings (SSSR count). The molecule has 4 nitrogen and oxygen atoms in total. The van der Waals surface area contributed by atoms with Crippen LogP contribution in [0.5, 0.6) is 11.5 Å². The van der Waals surface area contributed by atoms with Crippen molar-refractivity contribution in [3.05, 3.63) is 62.9 Å². The lowest BCUT2D eigenvalue weighted by atomic mass is 10.2. The van der Waals surface area contributed by atoms with Crippen molar-refractivity contribution in [1.82, 2.24) is 0 Å². The first-order valence-corrected chi connectivity index (χ1v) is 6.39. The third kappa shape index (κ3) is 3.00. The van der Waals surface area contributed by atoms with E-state index < -0.39 is 10.7 Å². The molecule has 2 aromatic carbocycles. The van der Waals surface area contributed by atoms with E-state index in [1.807, 2.05) is 0 Å². The van der Waals surface area contributed by atoms with Gasteiger partial charge in [-0.15, -0.1) is 11.6 Å². The van der Waals surface area contributed by atoms with Gasteiger partial charge in [-0.3, -0.25) is 10.1 Å². The second-order valence-electron chi connectivity index (χ2n) is 3.83. The third-order valence-corrected chi connectivity index (χ3v) is 3.11. The lowest BCUT2D eigenvalue weighted by molar-refractivity contribution is -0.385. The van der Waals surface area contributed by atoms with E-state index in [1.54, 1.807) is 18.2 Å². The molecule has 0 fully saturated rings. The Morgan fingerprint density at radius 2 is 2.05 bits per heavy atom. The highest BCUT2D eigenvalue weighted by atomic mass is 35.5. The minimum atomic E-state index is -0.661. The number of hydrogen-bond donors (Lipinski definition) is 0. The summed E-state index contributed by atoms with van der Waals surface area (Å²) in [5.74, 6) is -0.587. The minimum absolute atomic E-state index is 0.110. The van der Waals surface area contributed by atoms with Crippen molar-refractivity contribution < 1.29 is 14.1 Å². The van der Waals surface area contributed by atoms with Gasteiger partial charge in [0, 0.05) is 17.7 Å². The van der Waals surface area contributed by atoms with Gasteiger partial charge in [0.1, 0.15) is 5.82 Å². The molecular weight excluding hydrogens is 308 g/mol. The smallest absolute Gasteiger partial charge is 0.311 e. The number of nitro benzene ring substituents is 1. The van der Waals surface area contributed by atoms with Crippen molar-refractivity contribution >= 4 is 28.9 Å². The summed E-state index contributed by atoms with van der Waals surface area (Å²) in [4.78, 5) is 10.2. The van der Waals surface area contributed by atoms with Crippen molar-refractivity contribution in [3.63, 3.8) is 0 Å². The number of nitrogens with zero attached hydrogens (tertiary/aromatic N) is 1. The van der Waals surface area contributed by atoms with Crippen LogP contribution < -0.4 is 4.74 Å². The largest absolute Gasteiger partial charge is 0.448 e. The molecule has 0 aliphatic heterocycles. The molecule has 0 spiro atoms. The summed E-state index contributed by atoms with van der Waals surface area (Å²) in [5, 5.41) is 11.1. The van der Waals surface area contributed by atoms with Gasteiger partial charge in [-0.1, -0.05) is 23.7 Å². The van der Waals surface area contributed by atoms with Crippen LogP contribution in [0.3, 0.4) is 0 Å². The molecule has 0 aliphatic carbocycles. The van der Waals surface area contributed by atoms with Crippen LogP contribution in [0, 0.1) is 15.9 Å². The molecule has 0 atom stereocenters. The van der Waals surface area contributed by atoms with E-state index in [0.29, 0.717) is 5.56 Å². The summed E-state index contributed by atoms with van der Waals surface area (Å²) < 4.78 is 18.6. The van der Waals surface area contributed by atoms with E-state index in [9.17, 15) is 14.5 Å². The second-order valence-corrected chi connectivity index (χ2v) is 4.51. The highest BCUT2D eigenvalue weighted by Gasteiger charge is 2.19. The van der Waals surface area contributed by atoms with Gasteiger partial charge < -0.3 is 4.74 Å². The van der Waals surface area contributed by atoms with Gasteiger partial charge in [-0.25, -0.2) is 4.39 Å². The molecule has 0 bridgehead atoms. The van der Waals surface area contributed by atoms with Crippen LogP contribution in [0.15, 0.2) is 36.4 Å². The second kappa shape index (κ2) is 6.07. The number of ether oxygens (including phenoxy) is 1. The van der Waals surface area contributed by atoms with Crippen LogP contribution in [-0.4, -0.2) is 4.92 Å². The monoisotopic (exact) mass is 315 g/mol. The molecule has 0 N–H and O–H groups in total. The minimum Gasteiger partial charge on any atom is -0.448 e. The maximum Gasteiger partial charge on any atom is 0.311 e. The van der Waals surface area contributed by atoms with Crippen molar-refractivity contribution in [2.45, 2.75) is 5.88 Å². The molecular formula is C13H8Cl2FNO3. The number of hydrogen-bond acceptors (Lipinski definition) is 3. The van der Waals surface area contributed by atoms with Gasteiger partial charge in [0.25, 0.3) is 0 Å². The predicted octanol–water partition coefficient (Wildman–Crippen LogP) is 4.92. The summed E-state index contributed by atoms with van der Waals surface area (Å²) in [7, 11) is 0. The van der Waals surface area contributed by atoms with Crippen LogP contribution in [0.2, 0.25) is 5.02 Å². The first-order chi connectivity index (χ1) is 9.52. The van der Waals surface area contributed by atoms with Crippen LogP contribution >= 0.6 is 23.2 Å². The molecule has 0 radical (unpaired) electrons. The highest BCUT2D eigenvalue weighted by molar-refractivity contribution is 6.32. The zero-order chi connectivity index (χ0) is 14.7. The van der Waals surface area contributed by atoms with Gasteiger partial charge in [-0.2, -0.15) is 0 Å². The summed E-state index contributed by atoms with van der Waals surface area (Å²) in [6.45, 7) is 0. The molecule has 0 heterocycles. The number of rotatable bonds is 4. The average molecular weight is 316 g/mol. The standard InChI is InChI=1S/C13H8Cl2FNO3/c14-7-8-2-1-3-10(15)13(8)20-12-6-9(16)4-5-11(12)17(18)19/h1-6H,7H2. The van der Waals surface area contributed by atoms with E-state index >= 15 is 0 Å². The maximum atomic E-state index is 13.2. The van der Waals surface area contributed by atoms with Crippen LogP contribution in [0.25, 0.3) is 0 Å². The molecule has 20 heavy (non-hydrogen) atoms. The Morgan fingerprint density at radius 1 is 1.30 bits per heavy atom. The Labute approximate surface area is 123 Å². The molecule has 0 aromatic heterocycles. The van der Waals surface area contributed by atoms with Crippen LogP contribution in [0.4, 0.5) is 10.1 Å². The number of para-hydroxylation sites is 1.